The van der Waals surface area contributed by atoms with E-state index in [0.717, 1.165) is 0 Å². The first kappa shape index (κ1) is 8.84. The minimum atomic E-state index is 0.194. The maximum atomic E-state index is 9.63. The molecule has 0 aliphatic rings. The standard InChI is InChI=1S/C11H9N3O2/c12-11-5-7(13-14-11)10-4-6-8(15)2-1-3-9(6)16-10/h1-5,15H,(H3,12,13,14). The summed E-state index contributed by atoms with van der Waals surface area (Å²) in [5.41, 5.74) is 6.82. The summed E-state index contributed by atoms with van der Waals surface area (Å²) < 4.78 is 5.56. The first-order valence-electron chi connectivity index (χ1n) is 4.77. The Kier molecular flexibility index (Phi) is 1.67. The van der Waals surface area contributed by atoms with Gasteiger partial charge < -0.3 is 15.3 Å². The lowest BCUT2D eigenvalue weighted by atomic mass is 10.2. The summed E-state index contributed by atoms with van der Waals surface area (Å²) in [6.45, 7) is 0. The number of aromatic amines is 1. The number of aromatic nitrogens is 2. The van der Waals surface area contributed by atoms with Gasteiger partial charge >= 0.3 is 0 Å². The van der Waals surface area contributed by atoms with Gasteiger partial charge in [-0.15, -0.1) is 0 Å². The lowest BCUT2D eigenvalue weighted by Crippen LogP contribution is -1.81. The lowest BCUT2D eigenvalue weighted by molar-refractivity contribution is 0.481. The van der Waals surface area contributed by atoms with Crippen LogP contribution in [0.4, 0.5) is 5.82 Å². The third-order valence-corrected chi connectivity index (χ3v) is 2.40. The van der Waals surface area contributed by atoms with E-state index in [-0.39, 0.29) is 5.75 Å². The first-order valence-corrected chi connectivity index (χ1v) is 4.77. The Balaban J connectivity index is 2.22. The first-order chi connectivity index (χ1) is 7.74. The molecule has 0 saturated heterocycles. The summed E-state index contributed by atoms with van der Waals surface area (Å²) in [6, 6.07) is 8.56. The number of hydrogen-bond donors (Lipinski definition) is 3. The molecule has 0 amide bonds. The third-order valence-electron chi connectivity index (χ3n) is 2.40. The molecule has 0 fully saturated rings. The van der Waals surface area contributed by atoms with E-state index < -0.39 is 0 Å². The van der Waals surface area contributed by atoms with Gasteiger partial charge in [0.15, 0.2) is 5.76 Å². The fourth-order valence-corrected chi connectivity index (χ4v) is 1.64. The molecule has 3 aromatic rings. The van der Waals surface area contributed by atoms with Crippen molar-refractivity contribution in [1.82, 2.24) is 10.2 Å². The van der Waals surface area contributed by atoms with Crippen molar-refractivity contribution >= 4 is 16.8 Å². The summed E-state index contributed by atoms with van der Waals surface area (Å²) in [5.74, 6) is 1.19. The van der Waals surface area contributed by atoms with E-state index in [0.29, 0.717) is 28.2 Å². The SMILES string of the molecule is Nc1cc(-c2cc3c(O)cccc3o2)[nH]n1. The van der Waals surface area contributed by atoms with Crippen molar-refractivity contribution < 1.29 is 9.52 Å². The topological polar surface area (TPSA) is 88.1 Å². The molecule has 3 rings (SSSR count). The maximum absolute atomic E-state index is 9.63. The van der Waals surface area contributed by atoms with E-state index in [2.05, 4.69) is 10.2 Å². The van der Waals surface area contributed by atoms with Gasteiger partial charge in [-0.05, 0) is 18.2 Å². The van der Waals surface area contributed by atoms with Crippen LogP contribution in [-0.2, 0) is 0 Å². The Bertz CT molecular complexity index is 654. The monoisotopic (exact) mass is 215 g/mol. The number of H-pyrrole nitrogens is 1. The predicted octanol–water partition coefficient (Wildman–Crippen LogP) is 2.11. The highest BCUT2D eigenvalue weighted by molar-refractivity contribution is 5.87. The molecular weight excluding hydrogens is 206 g/mol. The average Bonchev–Trinajstić information content (AvgIpc) is 2.84. The molecule has 0 unspecified atom stereocenters. The number of nitrogens with one attached hydrogen (secondary N) is 1. The number of hydrogen-bond acceptors (Lipinski definition) is 4. The molecule has 0 bridgehead atoms. The van der Waals surface area contributed by atoms with Crippen LogP contribution in [0.5, 0.6) is 5.75 Å². The van der Waals surface area contributed by atoms with E-state index in [1.165, 1.54) is 0 Å². The zero-order valence-corrected chi connectivity index (χ0v) is 8.27. The quantitative estimate of drug-likeness (QED) is 0.580. The number of rotatable bonds is 1. The zero-order chi connectivity index (χ0) is 11.1. The molecule has 80 valence electrons. The Labute approximate surface area is 90.5 Å². The van der Waals surface area contributed by atoms with Crippen LogP contribution in [0.1, 0.15) is 0 Å². The molecule has 4 N–H and O–H groups in total. The van der Waals surface area contributed by atoms with Crippen LogP contribution in [0.2, 0.25) is 0 Å². The van der Waals surface area contributed by atoms with Crippen LogP contribution < -0.4 is 5.73 Å². The van der Waals surface area contributed by atoms with E-state index in [4.69, 9.17) is 10.2 Å². The second-order valence-electron chi connectivity index (χ2n) is 3.51. The summed E-state index contributed by atoms with van der Waals surface area (Å²) in [7, 11) is 0. The van der Waals surface area contributed by atoms with Crippen molar-refractivity contribution in [3.05, 3.63) is 30.3 Å². The second-order valence-corrected chi connectivity index (χ2v) is 3.51. The van der Waals surface area contributed by atoms with E-state index in [1.807, 2.05) is 0 Å². The number of benzene rings is 1. The van der Waals surface area contributed by atoms with Crippen molar-refractivity contribution in [1.29, 1.82) is 0 Å². The Hall–Kier alpha value is -2.43. The summed E-state index contributed by atoms with van der Waals surface area (Å²) in [6.07, 6.45) is 0. The molecule has 16 heavy (non-hydrogen) atoms. The molecule has 0 spiro atoms. The van der Waals surface area contributed by atoms with Crippen molar-refractivity contribution in [2.24, 2.45) is 0 Å². The second kappa shape index (κ2) is 3.03. The minimum Gasteiger partial charge on any atom is -0.507 e. The Morgan fingerprint density at radius 1 is 1.31 bits per heavy atom. The number of phenols is 1. The number of phenolic OH excluding ortho intramolecular Hbond substituents is 1. The highest BCUT2D eigenvalue weighted by Gasteiger charge is 2.10. The molecule has 2 aromatic heterocycles. The molecular formula is C11H9N3O2. The number of aromatic hydroxyl groups is 1. The van der Waals surface area contributed by atoms with E-state index in [9.17, 15) is 5.11 Å². The van der Waals surface area contributed by atoms with Crippen molar-refractivity contribution in [2.75, 3.05) is 5.73 Å². The van der Waals surface area contributed by atoms with Gasteiger partial charge in [-0.1, -0.05) is 6.07 Å². The molecule has 5 heteroatoms. The van der Waals surface area contributed by atoms with Crippen LogP contribution in [0.25, 0.3) is 22.4 Å². The van der Waals surface area contributed by atoms with Crippen molar-refractivity contribution in [3.63, 3.8) is 0 Å². The number of nitrogens with two attached hydrogens (primary N) is 1. The van der Waals surface area contributed by atoms with Crippen LogP contribution in [0.3, 0.4) is 0 Å². The lowest BCUT2D eigenvalue weighted by Gasteiger charge is -1.89. The predicted molar refractivity (Wildman–Crippen MR) is 59.9 cm³/mol. The smallest absolute Gasteiger partial charge is 0.153 e. The molecule has 0 atom stereocenters. The van der Waals surface area contributed by atoms with Gasteiger partial charge in [-0.3, -0.25) is 5.10 Å². The molecule has 2 heterocycles. The average molecular weight is 215 g/mol. The van der Waals surface area contributed by atoms with Crippen LogP contribution in [0.15, 0.2) is 34.7 Å². The molecule has 0 radical (unpaired) electrons. The number of nitrogens with zero attached hydrogens (tertiary/aromatic N) is 1. The fourth-order valence-electron chi connectivity index (χ4n) is 1.64. The van der Waals surface area contributed by atoms with Gasteiger partial charge in [0, 0.05) is 6.07 Å². The largest absolute Gasteiger partial charge is 0.507 e. The van der Waals surface area contributed by atoms with Gasteiger partial charge in [0.2, 0.25) is 0 Å². The van der Waals surface area contributed by atoms with Crippen molar-refractivity contribution in [3.8, 4) is 17.2 Å². The van der Waals surface area contributed by atoms with Gasteiger partial charge in [0.25, 0.3) is 0 Å². The molecule has 0 saturated carbocycles. The summed E-state index contributed by atoms with van der Waals surface area (Å²) >= 11 is 0. The van der Waals surface area contributed by atoms with Crippen LogP contribution in [0, 0.1) is 0 Å². The molecule has 0 aliphatic carbocycles. The molecule has 0 aliphatic heterocycles. The normalized spacial score (nSPS) is 11.0. The molecule has 5 nitrogen and oxygen atoms in total. The highest BCUT2D eigenvalue weighted by atomic mass is 16.3. The minimum absolute atomic E-state index is 0.194. The van der Waals surface area contributed by atoms with E-state index >= 15 is 0 Å². The number of anilines is 1. The Morgan fingerprint density at radius 2 is 2.19 bits per heavy atom. The zero-order valence-electron chi connectivity index (χ0n) is 8.27. The summed E-state index contributed by atoms with van der Waals surface area (Å²) in [5, 5.41) is 16.9. The van der Waals surface area contributed by atoms with Gasteiger partial charge in [0.1, 0.15) is 22.8 Å². The Morgan fingerprint density at radius 3 is 2.88 bits per heavy atom. The number of furan rings is 1. The number of nitrogen functional groups attached to an aromatic ring is 1. The van der Waals surface area contributed by atoms with Crippen LogP contribution >= 0.6 is 0 Å². The number of fused-ring (bicyclic) bond motifs is 1. The van der Waals surface area contributed by atoms with Gasteiger partial charge in [-0.25, -0.2) is 0 Å². The van der Waals surface area contributed by atoms with Crippen LogP contribution in [-0.4, -0.2) is 15.3 Å². The van der Waals surface area contributed by atoms with Crippen molar-refractivity contribution in [2.45, 2.75) is 0 Å². The third kappa shape index (κ3) is 1.22. The van der Waals surface area contributed by atoms with Gasteiger partial charge in [-0.2, -0.15) is 5.10 Å². The summed E-state index contributed by atoms with van der Waals surface area (Å²) in [4.78, 5) is 0. The fraction of sp³-hybridized carbons (Fsp3) is 0. The molecule has 1 aromatic carbocycles. The van der Waals surface area contributed by atoms with E-state index in [1.54, 1.807) is 30.3 Å². The highest BCUT2D eigenvalue weighted by Crippen LogP contribution is 2.32. The maximum Gasteiger partial charge on any atom is 0.153 e. The van der Waals surface area contributed by atoms with Gasteiger partial charge in [0.05, 0.1) is 5.39 Å².